The molecule has 8 nitrogen and oxygen atoms in total. The third-order valence-corrected chi connectivity index (χ3v) is 5.03. The Labute approximate surface area is 168 Å². The van der Waals surface area contributed by atoms with Gasteiger partial charge in [-0.3, -0.25) is 4.79 Å². The van der Waals surface area contributed by atoms with E-state index in [1.807, 2.05) is 0 Å². The van der Waals surface area contributed by atoms with E-state index in [1.54, 1.807) is 48.5 Å². The maximum absolute atomic E-state index is 12.6. The highest BCUT2D eigenvalue weighted by molar-refractivity contribution is 7.90. The highest BCUT2D eigenvalue weighted by Gasteiger charge is 2.12. The fourth-order valence-electron chi connectivity index (χ4n) is 2.57. The van der Waals surface area contributed by atoms with Crippen molar-refractivity contribution in [2.75, 3.05) is 25.8 Å². The SMILES string of the molecule is COc1cc(OC)cc(C(=O)Nc2cccc(-c3ccc(S(C)(=O)=O)nn3)c2)c1. The Morgan fingerprint density at radius 3 is 2.17 bits per heavy atom. The summed E-state index contributed by atoms with van der Waals surface area (Å²) in [7, 11) is -0.399. The van der Waals surface area contributed by atoms with Crippen LogP contribution in [0.5, 0.6) is 11.5 Å². The summed E-state index contributed by atoms with van der Waals surface area (Å²) in [4.78, 5) is 12.6. The number of hydrogen-bond acceptors (Lipinski definition) is 7. The fraction of sp³-hybridized carbons (Fsp3) is 0.150. The van der Waals surface area contributed by atoms with Crippen molar-refractivity contribution in [3.63, 3.8) is 0 Å². The van der Waals surface area contributed by atoms with Crippen LogP contribution in [0.15, 0.2) is 59.6 Å². The summed E-state index contributed by atoms with van der Waals surface area (Å²) >= 11 is 0. The van der Waals surface area contributed by atoms with Crippen molar-refractivity contribution in [3.8, 4) is 22.8 Å². The molecule has 0 unspecified atom stereocenters. The second-order valence-corrected chi connectivity index (χ2v) is 8.13. The number of benzene rings is 2. The molecule has 0 aliphatic rings. The first-order valence-corrected chi connectivity index (χ1v) is 10.4. The fourth-order valence-corrected chi connectivity index (χ4v) is 3.07. The van der Waals surface area contributed by atoms with Gasteiger partial charge in [0.05, 0.1) is 19.9 Å². The zero-order valence-corrected chi connectivity index (χ0v) is 16.9. The smallest absolute Gasteiger partial charge is 0.255 e. The number of rotatable bonds is 6. The number of carbonyl (C=O) groups excluding carboxylic acids is 1. The Hall–Kier alpha value is -3.46. The molecule has 0 atom stereocenters. The maximum atomic E-state index is 12.6. The summed E-state index contributed by atoms with van der Waals surface area (Å²) in [6, 6.07) is 14.8. The molecule has 0 bridgehead atoms. The molecular formula is C20H19N3O5S. The van der Waals surface area contributed by atoms with Crippen LogP contribution in [0.25, 0.3) is 11.3 Å². The largest absolute Gasteiger partial charge is 0.497 e. The lowest BCUT2D eigenvalue weighted by molar-refractivity contribution is 0.102. The molecule has 0 fully saturated rings. The molecule has 1 aromatic heterocycles. The van der Waals surface area contributed by atoms with Gasteiger partial charge in [0.2, 0.25) is 0 Å². The molecule has 0 aliphatic heterocycles. The number of nitrogens with zero attached hydrogens (tertiary/aromatic N) is 2. The molecule has 0 radical (unpaired) electrons. The van der Waals surface area contributed by atoms with E-state index < -0.39 is 9.84 Å². The summed E-state index contributed by atoms with van der Waals surface area (Å²) in [5.74, 6) is 0.673. The minimum atomic E-state index is -3.42. The number of anilines is 1. The third kappa shape index (κ3) is 4.88. The highest BCUT2D eigenvalue weighted by atomic mass is 32.2. The van der Waals surface area contributed by atoms with E-state index in [2.05, 4.69) is 15.5 Å². The normalized spacial score (nSPS) is 11.0. The zero-order valence-electron chi connectivity index (χ0n) is 16.0. The van der Waals surface area contributed by atoms with E-state index in [0.717, 1.165) is 6.26 Å². The highest BCUT2D eigenvalue weighted by Crippen LogP contribution is 2.25. The average molecular weight is 413 g/mol. The molecule has 3 rings (SSSR count). The van der Waals surface area contributed by atoms with E-state index in [9.17, 15) is 13.2 Å². The average Bonchev–Trinajstić information content (AvgIpc) is 2.73. The lowest BCUT2D eigenvalue weighted by Crippen LogP contribution is -2.12. The van der Waals surface area contributed by atoms with Gasteiger partial charge in [-0.2, -0.15) is 0 Å². The number of sulfone groups is 1. The quantitative estimate of drug-likeness (QED) is 0.662. The molecule has 3 aromatic rings. The Balaban J connectivity index is 1.84. The van der Waals surface area contributed by atoms with Crippen LogP contribution in [0.3, 0.4) is 0 Å². The molecule has 0 saturated carbocycles. The molecule has 1 amide bonds. The van der Waals surface area contributed by atoms with E-state index in [-0.39, 0.29) is 10.9 Å². The van der Waals surface area contributed by atoms with Crippen LogP contribution in [0, 0.1) is 0 Å². The van der Waals surface area contributed by atoms with Crippen LogP contribution in [0.4, 0.5) is 5.69 Å². The predicted octanol–water partition coefficient (Wildman–Crippen LogP) is 2.82. The summed E-state index contributed by atoms with van der Waals surface area (Å²) in [6.45, 7) is 0. The van der Waals surface area contributed by atoms with Crippen LogP contribution in [-0.4, -0.2) is 45.0 Å². The third-order valence-electron chi connectivity index (χ3n) is 4.05. The summed E-state index contributed by atoms with van der Waals surface area (Å²) < 4.78 is 33.4. The van der Waals surface area contributed by atoms with Crippen molar-refractivity contribution >= 4 is 21.4 Å². The van der Waals surface area contributed by atoms with E-state index in [0.29, 0.717) is 34.0 Å². The number of ether oxygens (including phenoxy) is 2. The van der Waals surface area contributed by atoms with Gasteiger partial charge in [0, 0.05) is 29.1 Å². The number of aromatic nitrogens is 2. The first kappa shape index (κ1) is 20.3. The molecular weight excluding hydrogens is 394 g/mol. The van der Waals surface area contributed by atoms with Gasteiger partial charge in [0.25, 0.3) is 5.91 Å². The second-order valence-electron chi connectivity index (χ2n) is 6.17. The van der Waals surface area contributed by atoms with Crippen LogP contribution in [-0.2, 0) is 9.84 Å². The van der Waals surface area contributed by atoms with E-state index in [1.165, 1.54) is 20.3 Å². The second kappa shape index (κ2) is 8.27. The number of methoxy groups -OCH3 is 2. The summed E-state index contributed by atoms with van der Waals surface area (Å²) in [5, 5.41) is 10.4. The molecule has 0 saturated heterocycles. The lowest BCUT2D eigenvalue weighted by Gasteiger charge is -2.10. The van der Waals surface area contributed by atoms with Gasteiger partial charge in [-0.15, -0.1) is 10.2 Å². The maximum Gasteiger partial charge on any atom is 0.255 e. The molecule has 0 spiro atoms. The topological polar surface area (TPSA) is 107 Å². The molecule has 150 valence electrons. The number of amides is 1. The van der Waals surface area contributed by atoms with Gasteiger partial charge in [-0.25, -0.2) is 8.42 Å². The van der Waals surface area contributed by atoms with Crippen molar-refractivity contribution < 1.29 is 22.7 Å². The Morgan fingerprint density at radius 1 is 0.931 bits per heavy atom. The molecule has 2 aromatic carbocycles. The first-order valence-electron chi connectivity index (χ1n) is 8.49. The predicted molar refractivity (Wildman–Crippen MR) is 108 cm³/mol. The standard InChI is InChI=1S/C20H19N3O5S/c1-27-16-10-14(11-17(12-16)28-2)20(24)21-15-6-4-5-13(9-15)18-7-8-19(23-22-18)29(3,25)26/h4-12H,1-3H3,(H,21,24). The Bertz CT molecular complexity index is 1120. The van der Waals surface area contributed by atoms with Gasteiger partial charge in [0.1, 0.15) is 11.5 Å². The lowest BCUT2D eigenvalue weighted by atomic mass is 10.1. The van der Waals surface area contributed by atoms with Gasteiger partial charge < -0.3 is 14.8 Å². The first-order chi connectivity index (χ1) is 13.8. The zero-order chi connectivity index (χ0) is 21.0. The van der Waals surface area contributed by atoms with Crippen LogP contribution < -0.4 is 14.8 Å². The Kier molecular flexibility index (Phi) is 5.79. The van der Waals surface area contributed by atoms with Crippen LogP contribution in [0.2, 0.25) is 0 Å². The minimum Gasteiger partial charge on any atom is -0.497 e. The van der Waals surface area contributed by atoms with Crippen molar-refractivity contribution in [2.24, 2.45) is 0 Å². The van der Waals surface area contributed by atoms with Gasteiger partial charge >= 0.3 is 0 Å². The number of nitrogens with one attached hydrogen (secondary N) is 1. The monoisotopic (exact) mass is 413 g/mol. The van der Waals surface area contributed by atoms with Crippen LogP contribution in [0.1, 0.15) is 10.4 Å². The van der Waals surface area contributed by atoms with Crippen molar-refractivity contribution in [1.82, 2.24) is 10.2 Å². The van der Waals surface area contributed by atoms with Crippen molar-refractivity contribution in [3.05, 3.63) is 60.2 Å². The number of carbonyl (C=O) groups is 1. The summed E-state index contributed by atoms with van der Waals surface area (Å²) in [5.41, 5.74) is 2.09. The van der Waals surface area contributed by atoms with Gasteiger partial charge in [-0.1, -0.05) is 12.1 Å². The van der Waals surface area contributed by atoms with Crippen molar-refractivity contribution in [2.45, 2.75) is 5.03 Å². The minimum absolute atomic E-state index is 0.0994. The molecule has 29 heavy (non-hydrogen) atoms. The number of hydrogen-bond donors (Lipinski definition) is 1. The van der Waals surface area contributed by atoms with Gasteiger partial charge in [-0.05, 0) is 36.4 Å². The molecule has 1 N–H and O–H groups in total. The molecule has 9 heteroatoms. The molecule has 0 aliphatic carbocycles. The van der Waals surface area contributed by atoms with Crippen molar-refractivity contribution in [1.29, 1.82) is 0 Å². The Morgan fingerprint density at radius 2 is 1.62 bits per heavy atom. The molecule has 1 heterocycles. The summed E-state index contributed by atoms with van der Waals surface area (Å²) in [6.07, 6.45) is 1.07. The van der Waals surface area contributed by atoms with E-state index in [4.69, 9.17) is 9.47 Å². The van der Waals surface area contributed by atoms with Gasteiger partial charge in [0.15, 0.2) is 14.9 Å². The van der Waals surface area contributed by atoms with E-state index >= 15 is 0 Å². The van der Waals surface area contributed by atoms with Crippen LogP contribution >= 0.6 is 0 Å².